The lowest BCUT2D eigenvalue weighted by molar-refractivity contribution is -0.385. The van der Waals surface area contributed by atoms with Crippen molar-refractivity contribution in [1.29, 1.82) is 0 Å². The highest BCUT2D eigenvalue weighted by Gasteiger charge is 2.42. The van der Waals surface area contributed by atoms with Crippen LogP contribution in [0.15, 0.2) is 12.1 Å². The number of carbonyl (C=O) groups is 3. The van der Waals surface area contributed by atoms with Gasteiger partial charge in [-0.05, 0) is 12.5 Å². The minimum absolute atomic E-state index is 0.0409. The first-order chi connectivity index (χ1) is 10.9. The van der Waals surface area contributed by atoms with Gasteiger partial charge in [0, 0.05) is 6.42 Å². The van der Waals surface area contributed by atoms with E-state index in [-0.39, 0.29) is 47.9 Å². The van der Waals surface area contributed by atoms with Crippen molar-refractivity contribution in [3.05, 3.63) is 33.4 Å². The Kier molecular flexibility index (Phi) is 3.47. The molecule has 1 aromatic carbocycles. The molecule has 3 rings (SSSR count). The van der Waals surface area contributed by atoms with E-state index < -0.39 is 22.8 Å². The van der Waals surface area contributed by atoms with E-state index in [9.17, 15) is 24.5 Å². The van der Waals surface area contributed by atoms with E-state index in [0.29, 0.717) is 0 Å². The van der Waals surface area contributed by atoms with Gasteiger partial charge in [0.1, 0.15) is 11.8 Å². The van der Waals surface area contributed by atoms with Crippen LogP contribution in [0.4, 0.5) is 5.69 Å². The van der Waals surface area contributed by atoms with Crippen molar-refractivity contribution >= 4 is 23.4 Å². The Labute approximate surface area is 130 Å². The standard InChI is InChI=1S/C14H13N3O6/c1-23-7-4-8-9(11(5-7)17(21)22)6-16(14(8)20)10-2-3-12(18)15-13(10)19/h4-5,10H,2-3,6H2,1H3,(H,15,18,19). The molecule has 120 valence electrons. The molecule has 0 radical (unpaired) electrons. The van der Waals surface area contributed by atoms with Crippen LogP contribution in [0.2, 0.25) is 0 Å². The molecule has 2 aliphatic heterocycles. The molecule has 0 saturated carbocycles. The first-order valence-corrected chi connectivity index (χ1v) is 6.92. The van der Waals surface area contributed by atoms with Crippen LogP contribution in [-0.2, 0) is 16.1 Å². The Bertz CT molecular complexity index is 744. The van der Waals surface area contributed by atoms with Crippen LogP contribution in [0.3, 0.4) is 0 Å². The number of piperidine rings is 1. The van der Waals surface area contributed by atoms with Gasteiger partial charge in [0.05, 0.1) is 35.8 Å². The smallest absolute Gasteiger partial charge is 0.278 e. The van der Waals surface area contributed by atoms with Gasteiger partial charge in [-0.3, -0.25) is 29.8 Å². The molecule has 1 saturated heterocycles. The largest absolute Gasteiger partial charge is 0.496 e. The monoisotopic (exact) mass is 319 g/mol. The van der Waals surface area contributed by atoms with Crippen molar-refractivity contribution in [2.75, 3.05) is 7.11 Å². The molecule has 0 aliphatic carbocycles. The highest BCUT2D eigenvalue weighted by Crippen LogP contribution is 2.36. The second-order valence-electron chi connectivity index (χ2n) is 5.33. The van der Waals surface area contributed by atoms with E-state index in [1.807, 2.05) is 0 Å². The van der Waals surface area contributed by atoms with Gasteiger partial charge in [-0.2, -0.15) is 0 Å². The number of ether oxygens (including phenoxy) is 1. The average Bonchev–Trinajstić information content (AvgIpc) is 2.83. The van der Waals surface area contributed by atoms with Gasteiger partial charge in [0.15, 0.2) is 0 Å². The zero-order chi connectivity index (χ0) is 16.7. The van der Waals surface area contributed by atoms with Crippen LogP contribution in [0.25, 0.3) is 0 Å². The summed E-state index contributed by atoms with van der Waals surface area (Å²) < 4.78 is 5.00. The highest BCUT2D eigenvalue weighted by molar-refractivity contribution is 6.06. The molecule has 1 unspecified atom stereocenters. The van der Waals surface area contributed by atoms with E-state index in [4.69, 9.17) is 4.74 Å². The van der Waals surface area contributed by atoms with E-state index in [1.54, 1.807) is 0 Å². The summed E-state index contributed by atoms with van der Waals surface area (Å²) in [5.74, 6) is -1.22. The first-order valence-electron chi connectivity index (χ1n) is 6.92. The lowest BCUT2D eigenvalue weighted by Gasteiger charge is -2.29. The number of rotatable bonds is 3. The number of methoxy groups -OCH3 is 1. The summed E-state index contributed by atoms with van der Waals surface area (Å²) in [6, 6.07) is 1.87. The Balaban J connectivity index is 1.98. The van der Waals surface area contributed by atoms with Crippen molar-refractivity contribution in [2.24, 2.45) is 0 Å². The third kappa shape index (κ3) is 2.39. The lowest BCUT2D eigenvalue weighted by Crippen LogP contribution is -2.52. The summed E-state index contributed by atoms with van der Waals surface area (Å²) in [5.41, 5.74) is 0.189. The summed E-state index contributed by atoms with van der Waals surface area (Å²) in [6.07, 6.45) is 0.331. The fourth-order valence-corrected chi connectivity index (χ4v) is 2.90. The van der Waals surface area contributed by atoms with Gasteiger partial charge in [-0.1, -0.05) is 0 Å². The molecule has 9 nitrogen and oxygen atoms in total. The number of fused-ring (bicyclic) bond motifs is 1. The summed E-state index contributed by atoms with van der Waals surface area (Å²) in [5, 5.41) is 13.4. The normalized spacial score (nSPS) is 20.3. The van der Waals surface area contributed by atoms with Gasteiger partial charge in [-0.15, -0.1) is 0 Å². The third-order valence-corrected chi connectivity index (χ3v) is 4.04. The van der Waals surface area contributed by atoms with Gasteiger partial charge in [-0.25, -0.2) is 0 Å². The molecule has 2 heterocycles. The maximum atomic E-state index is 12.5. The number of hydrogen-bond donors (Lipinski definition) is 1. The minimum atomic E-state index is -0.807. The summed E-state index contributed by atoms with van der Waals surface area (Å²) in [6.45, 7) is -0.0409. The molecule has 1 N–H and O–H groups in total. The molecule has 1 fully saturated rings. The van der Waals surface area contributed by atoms with Gasteiger partial charge >= 0.3 is 0 Å². The van der Waals surface area contributed by atoms with Crippen LogP contribution >= 0.6 is 0 Å². The number of amides is 3. The van der Waals surface area contributed by atoms with E-state index in [2.05, 4.69) is 5.32 Å². The van der Waals surface area contributed by atoms with Gasteiger partial charge < -0.3 is 9.64 Å². The molecule has 3 amide bonds. The Hall–Kier alpha value is -2.97. The molecular formula is C14H13N3O6. The van der Waals surface area contributed by atoms with Crippen molar-refractivity contribution in [3.63, 3.8) is 0 Å². The molecular weight excluding hydrogens is 306 g/mol. The zero-order valence-electron chi connectivity index (χ0n) is 12.2. The zero-order valence-corrected chi connectivity index (χ0v) is 12.2. The fraction of sp³-hybridized carbons (Fsp3) is 0.357. The van der Waals surface area contributed by atoms with Crippen LogP contribution in [0, 0.1) is 10.1 Å². The molecule has 9 heteroatoms. The predicted molar refractivity (Wildman–Crippen MR) is 75.7 cm³/mol. The number of imide groups is 1. The fourth-order valence-electron chi connectivity index (χ4n) is 2.90. The maximum absolute atomic E-state index is 12.5. The van der Waals surface area contributed by atoms with E-state index in [0.717, 1.165) is 0 Å². The molecule has 0 bridgehead atoms. The second kappa shape index (κ2) is 5.34. The first kappa shape index (κ1) is 14.9. The van der Waals surface area contributed by atoms with Gasteiger partial charge in [0.2, 0.25) is 11.8 Å². The third-order valence-electron chi connectivity index (χ3n) is 4.04. The molecule has 1 aromatic rings. The summed E-state index contributed by atoms with van der Waals surface area (Å²) >= 11 is 0. The van der Waals surface area contributed by atoms with Crippen LogP contribution in [0.5, 0.6) is 5.75 Å². The van der Waals surface area contributed by atoms with Crippen molar-refractivity contribution in [3.8, 4) is 5.75 Å². The Morgan fingerprint density at radius 1 is 1.35 bits per heavy atom. The van der Waals surface area contributed by atoms with Crippen LogP contribution in [0.1, 0.15) is 28.8 Å². The van der Waals surface area contributed by atoms with E-state index in [1.165, 1.54) is 24.1 Å². The molecule has 23 heavy (non-hydrogen) atoms. The van der Waals surface area contributed by atoms with Crippen LogP contribution in [-0.4, -0.2) is 40.7 Å². The molecule has 2 aliphatic rings. The Morgan fingerprint density at radius 2 is 2.09 bits per heavy atom. The molecule has 0 aromatic heterocycles. The maximum Gasteiger partial charge on any atom is 0.278 e. The van der Waals surface area contributed by atoms with Crippen molar-refractivity contribution in [1.82, 2.24) is 10.2 Å². The van der Waals surface area contributed by atoms with Crippen molar-refractivity contribution < 1.29 is 24.0 Å². The molecule has 1 atom stereocenters. The quantitative estimate of drug-likeness (QED) is 0.488. The number of nitrogens with one attached hydrogen (secondary N) is 1. The van der Waals surface area contributed by atoms with Gasteiger partial charge in [0.25, 0.3) is 11.6 Å². The van der Waals surface area contributed by atoms with E-state index >= 15 is 0 Å². The highest BCUT2D eigenvalue weighted by atomic mass is 16.6. The number of nitro groups is 1. The number of hydrogen-bond acceptors (Lipinski definition) is 6. The topological polar surface area (TPSA) is 119 Å². The Morgan fingerprint density at radius 3 is 2.70 bits per heavy atom. The number of carbonyl (C=O) groups excluding carboxylic acids is 3. The summed E-state index contributed by atoms with van der Waals surface area (Å²) in [7, 11) is 1.35. The minimum Gasteiger partial charge on any atom is -0.496 e. The number of benzene rings is 1. The van der Waals surface area contributed by atoms with Crippen LogP contribution < -0.4 is 10.1 Å². The van der Waals surface area contributed by atoms with Crippen molar-refractivity contribution in [2.45, 2.75) is 25.4 Å². The molecule has 0 spiro atoms. The lowest BCUT2D eigenvalue weighted by atomic mass is 10.0. The SMILES string of the molecule is COc1cc2c(c([N+](=O)[O-])c1)CN(C1CCC(=O)NC1=O)C2=O. The second-order valence-corrected chi connectivity index (χ2v) is 5.33. The predicted octanol–water partition coefficient (Wildman–Crippen LogP) is 0.364. The average molecular weight is 319 g/mol. The number of nitrogens with zero attached hydrogens (tertiary/aromatic N) is 2. The summed E-state index contributed by atoms with van der Waals surface area (Å²) in [4.78, 5) is 47.6. The number of nitro benzene ring substituents is 1.